The number of hydrogen-bond donors (Lipinski definition) is 4. The fraction of sp³-hybridized carbons (Fsp3) is 0.263. The Balaban J connectivity index is 2.28. The molecule has 150 valence electrons. The second-order valence-corrected chi connectivity index (χ2v) is 7.11. The Morgan fingerprint density at radius 2 is 1.75 bits per heavy atom. The van der Waals surface area contributed by atoms with Gasteiger partial charge in [-0.1, -0.05) is 37.0 Å². The summed E-state index contributed by atoms with van der Waals surface area (Å²) in [4.78, 5) is 23.1. The monoisotopic (exact) mass is 427 g/mol. The normalized spacial score (nSPS) is 11.9. The Bertz CT molecular complexity index is 877. The highest BCUT2D eigenvalue weighted by atomic mass is 35.5. The van der Waals surface area contributed by atoms with Crippen molar-refractivity contribution in [1.82, 2.24) is 5.32 Å². The Hall–Kier alpha value is -2.48. The molecule has 0 heterocycles. The molecule has 2 aromatic rings. The van der Waals surface area contributed by atoms with Crippen LogP contribution in [0.4, 0.5) is 0 Å². The molecule has 0 spiro atoms. The van der Waals surface area contributed by atoms with E-state index in [9.17, 15) is 14.7 Å². The lowest BCUT2D eigenvalue weighted by Gasteiger charge is -2.15. The number of benzene rings is 2. The van der Waals surface area contributed by atoms with Gasteiger partial charge in [0, 0.05) is 11.1 Å². The third-order valence-corrected chi connectivity index (χ3v) is 4.45. The number of halogens is 2. The summed E-state index contributed by atoms with van der Waals surface area (Å²) in [5.41, 5.74) is 0.695. The highest BCUT2D eigenvalue weighted by Gasteiger charge is 2.21. The predicted molar refractivity (Wildman–Crippen MR) is 105 cm³/mol. The molecule has 0 aliphatic rings. The maximum atomic E-state index is 12.2. The Morgan fingerprint density at radius 3 is 2.25 bits per heavy atom. The van der Waals surface area contributed by atoms with Crippen LogP contribution in [0.5, 0.6) is 17.2 Å². The standard InChI is InChI=1S/C19H19Cl2NO6/c1-9(2)12-7-11(3-4-16(12)24)28-17-13(20)5-10(6-14(17)21)18(25)22-15(8-23)19(26)27/h3-7,9,15,23-24H,8H2,1-2H3,(H,22,25)(H,26,27)/t15-/m0/s1. The number of amides is 1. The molecule has 0 saturated carbocycles. The Labute approximate surface area is 171 Å². The van der Waals surface area contributed by atoms with Gasteiger partial charge in [0.2, 0.25) is 0 Å². The number of ether oxygens (including phenoxy) is 1. The largest absolute Gasteiger partial charge is 0.508 e. The molecule has 7 nitrogen and oxygen atoms in total. The van der Waals surface area contributed by atoms with Crippen LogP contribution in [-0.2, 0) is 4.79 Å². The first-order valence-electron chi connectivity index (χ1n) is 8.28. The topological polar surface area (TPSA) is 116 Å². The average Bonchev–Trinajstić information content (AvgIpc) is 2.62. The smallest absolute Gasteiger partial charge is 0.328 e. The molecule has 1 atom stereocenters. The molecular weight excluding hydrogens is 409 g/mol. The van der Waals surface area contributed by atoms with E-state index in [1.165, 1.54) is 18.2 Å². The van der Waals surface area contributed by atoms with Crippen molar-refractivity contribution in [3.05, 3.63) is 51.5 Å². The minimum atomic E-state index is -1.45. The van der Waals surface area contributed by atoms with E-state index in [4.69, 9.17) is 38.2 Å². The molecule has 0 fully saturated rings. The Kier molecular flexibility index (Phi) is 7.12. The molecular formula is C19H19Cl2NO6. The molecule has 9 heteroatoms. The molecule has 28 heavy (non-hydrogen) atoms. The summed E-state index contributed by atoms with van der Waals surface area (Å²) in [6.07, 6.45) is 0. The summed E-state index contributed by atoms with van der Waals surface area (Å²) in [5.74, 6) is -1.42. The van der Waals surface area contributed by atoms with Gasteiger partial charge >= 0.3 is 5.97 Å². The molecule has 0 aromatic heterocycles. The number of phenolic OH excluding ortho intramolecular Hbond substituents is 1. The molecule has 0 aliphatic heterocycles. The van der Waals surface area contributed by atoms with Crippen LogP contribution in [0.2, 0.25) is 10.0 Å². The van der Waals surface area contributed by atoms with Gasteiger partial charge in [0.15, 0.2) is 11.8 Å². The van der Waals surface area contributed by atoms with E-state index < -0.39 is 24.5 Å². The molecule has 2 aromatic carbocycles. The molecule has 0 saturated heterocycles. The summed E-state index contributed by atoms with van der Waals surface area (Å²) in [6, 6.07) is 5.80. The number of carboxylic acid groups (broad SMARTS) is 1. The van der Waals surface area contributed by atoms with Crippen molar-refractivity contribution >= 4 is 35.1 Å². The van der Waals surface area contributed by atoms with Crippen molar-refractivity contribution in [3.63, 3.8) is 0 Å². The third-order valence-electron chi connectivity index (χ3n) is 3.89. The van der Waals surface area contributed by atoms with Gasteiger partial charge in [-0.05, 0) is 36.2 Å². The van der Waals surface area contributed by atoms with Gasteiger partial charge in [0.05, 0.1) is 16.7 Å². The van der Waals surface area contributed by atoms with Crippen LogP contribution in [0.1, 0.15) is 35.7 Å². The van der Waals surface area contributed by atoms with Gasteiger partial charge < -0.3 is 25.4 Å². The molecule has 0 unspecified atom stereocenters. The molecule has 0 aliphatic carbocycles. The van der Waals surface area contributed by atoms with Crippen LogP contribution in [0.25, 0.3) is 0 Å². The number of aliphatic carboxylic acids is 1. The number of rotatable bonds is 7. The lowest BCUT2D eigenvalue weighted by atomic mass is 10.0. The van der Waals surface area contributed by atoms with Gasteiger partial charge in [-0.15, -0.1) is 0 Å². The average molecular weight is 428 g/mol. The van der Waals surface area contributed by atoms with Crippen LogP contribution in [0.15, 0.2) is 30.3 Å². The van der Waals surface area contributed by atoms with E-state index in [-0.39, 0.29) is 33.0 Å². The molecule has 4 N–H and O–H groups in total. The second kappa shape index (κ2) is 9.14. The van der Waals surface area contributed by atoms with Gasteiger partial charge in [-0.3, -0.25) is 4.79 Å². The summed E-state index contributed by atoms with van der Waals surface area (Å²) in [6.45, 7) is 3.08. The number of phenols is 1. The van der Waals surface area contributed by atoms with Crippen LogP contribution in [0.3, 0.4) is 0 Å². The number of carboxylic acids is 1. The molecule has 1 amide bonds. The van der Waals surface area contributed by atoms with Crippen molar-refractivity contribution in [2.24, 2.45) is 0 Å². The highest BCUT2D eigenvalue weighted by molar-refractivity contribution is 6.37. The predicted octanol–water partition coefficient (Wildman–Crippen LogP) is 3.79. The van der Waals surface area contributed by atoms with Crippen LogP contribution in [-0.4, -0.2) is 39.8 Å². The maximum Gasteiger partial charge on any atom is 0.328 e. The molecule has 0 radical (unpaired) electrons. The van der Waals surface area contributed by atoms with Crippen molar-refractivity contribution in [2.75, 3.05) is 6.61 Å². The van der Waals surface area contributed by atoms with Gasteiger partial charge in [-0.2, -0.15) is 0 Å². The quantitative estimate of drug-likeness (QED) is 0.533. The van der Waals surface area contributed by atoms with Crippen molar-refractivity contribution in [2.45, 2.75) is 25.8 Å². The van der Waals surface area contributed by atoms with Crippen molar-refractivity contribution < 1.29 is 29.6 Å². The Morgan fingerprint density at radius 1 is 1.14 bits per heavy atom. The fourth-order valence-electron chi connectivity index (χ4n) is 2.39. The van der Waals surface area contributed by atoms with E-state index in [1.807, 2.05) is 13.8 Å². The van der Waals surface area contributed by atoms with E-state index >= 15 is 0 Å². The molecule has 0 bridgehead atoms. The highest BCUT2D eigenvalue weighted by Crippen LogP contribution is 2.39. The van der Waals surface area contributed by atoms with Crippen LogP contribution in [0, 0.1) is 0 Å². The number of aromatic hydroxyl groups is 1. The minimum Gasteiger partial charge on any atom is -0.508 e. The fourth-order valence-corrected chi connectivity index (χ4v) is 2.96. The van der Waals surface area contributed by atoms with E-state index in [0.717, 1.165) is 0 Å². The summed E-state index contributed by atoms with van der Waals surface area (Å²) < 4.78 is 5.72. The SMILES string of the molecule is CC(C)c1cc(Oc2c(Cl)cc(C(=O)N[C@@H](CO)C(=O)O)cc2Cl)ccc1O. The second-order valence-electron chi connectivity index (χ2n) is 6.29. The summed E-state index contributed by atoms with van der Waals surface area (Å²) >= 11 is 12.4. The first-order chi connectivity index (χ1) is 13.1. The first kappa shape index (κ1) is 21.8. The lowest BCUT2D eigenvalue weighted by Crippen LogP contribution is -2.43. The van der Waals surface area contributed by atoms with Gasteiger partial charge in [0.25, 0.3) is 5.91 Å². The zero-order valence-corrected chi connectivity index (χ0v) is 16.6. The van der Waals surface area contributed by atoms with E-state index in [2.05, 4.69) is 5.32 Å². The van der Waals surface area contributed by atoms with Gasteiger partial charge in [0.1, 0.15) is 11.5 Å². The van der Waals surface area contributed by atoms with Crippen molar-refractivity contribution in [3.8, 4) is 17.2 Å². The number of carbonyl (C=O) groups excluding carboxylic acids is 1. The minimum absolute atomic E-state index is 0.00984. The van der Waals surface area contributed by atoms with E-state index in [0.29, 0.717) is 11.3 Å². The first-order valence-corrected chi connectivity index (χ1v) is 9.04. The van der Waals surface area contributed by atoms with Crippen molar-refractivity contribution in [1.29, 1.82) is 0 Å². The zero-order chi connectivity index (χ0) is 21.0. The number of aliphatic hydroxyl groups is 1. The number of hydrogen-bond acceptors (Lipinski definition) is 5. The van der Waals surface area contributed by atoms with E-state index in [1.54, 1.807) is 12.1 Å². The van der Waals surface area contributed by atoms with Crippen LogP contribution < -0.4 is 10.1 Å². The zero-order valence-electron chi connectivity index (χ0n) is 15.1. The maximum absolute atomic E-state index is 12.2. The number of aliphatic hydroxyl groups excluding tert-OH is 1. The molecule has 2 rings (SSSR count). The number of nitrogens with one attached hydrogen (secondary N) is 1. The third kappa shape index (κ3) is 5.07. The lowest BCUT2D eigenvalue weighted by molar-refractivity contribution is -0.140. The van der Waals surface area contributed by atoms with Gasteiger partial charge in [-0.25, -0.2) is 4.79 Å². The summed E-state index contributed by atoms with van der Waals surface area (Å²) in [7, 11) is 0. The van der Waals surface area contributed by atoms with Crippen LogP contribution >= 0.6 is 23.2 Å². The number of carbonyl (C=O) groups is 2. The summed E-state index contributed by atoms with van der Waals surface area (Å²) in [5, 5.41) is 30.0.